The van der Waals surface area contributed by atoms with Crippen molar-refractivity contribution in [3.05, 3.63) is 22.4 Å². The van der Waals surface area contributed by atoms with Crippen LogP contribution in [0.5, 0.6) is 0 Å². The molecule has 2 atom stereocenters. The van der Waals surface area contributed by atoms with E-state index in [9.17, 15) is 4.79 Å². The molecule has 2 unspecified atom stereocenters. The van der Waals surface area contributed by atoms with Crippen molar-refractivity contribution >= 4 is 23.2 Å². The Labute approximate surface area is 161 Å². The third kappa shape index (κ3) is 5.22. The van der Waals surface area contributed by atoms with E-state index in [-0.39, 0.29) is 17.2 Å². The molecule has 2 aliphatic rings. The van der Waals surface area contributed by atoms with Gasteiger partial charge in [0.1, 0.15) is 0 Å². The van der Waals surface area contributed by atoms with Gasteiger partial charge < -0.3 is 16.0 Å². The molecule has 2 fully saturated rings. The molecule has 144 valence electrons. The van der Waals surface area contributed by atoms with Gasteiger partial charge >= 0.3 is 0 Å². The van der Waals surface area contributed by atoms with Crippen LogP contribution in [0.2, 0.25) is 0 Å². The van der Waals surface area contributed by atoms with Crippen LogP contribution in [0.1, 0.15) is 57.2 Å². The first kappa shape index (κ1) is 19.2. The maximum Gasteiger partial charge on any atom is 0.223 e. The van der Waals surface area contributed by atoms with Gasteiger partial charge in [0.05, 0.1) is 0 Å². The second-order valence-corrected chi connectivity index (χ2v) is 9.22. The number of nitrogens with one attached hydrogen (secondary N) is 3. The quantitative estimate of drug-likeness (QED) is 0.528. The first-order chi connectivity index (χ1) is 12.5. The second kappa shape index (κ2) is 8.42. The van der Waals surface area contributed by atoms with E-state index in [4.69, 9.17) is 0 Å². The zero-order valence-electron chi connectivity index (χ0n) is 16.2. The molecular formula is C20H32N4OS. The van der Waals surface area contributed by atoms with Crippen molar-refractivity contribution in [1.82, 2.24) is 16.0 Å². The van der Waals surface area contributed by atoms with Crippen LogP contribution in [-0.4, -0.2) is 37.5 Å². The maximum atomic E-state index is 12.4. The molecule has 0 aliphatic heterocycles. The summed E-state index contributed by atoms with van der Waals surface area (Å²) in [6.45, 7) is 5.32. The zero-order valence-corrected chi connectivity index (χ0v) is 17.0. The van der Waals surface area contributed by atoms with Crippen molar-refractivity contribution in [3.8, 4) is 0 Å². The molecular weight excluding hydrogens is 344 g/mol. The molecule has 26 heavy (non-hydrogen) atoms. The summed E-state index contributed by atoms with van der Waals surface area (Å²) >= 11 is 1.79. The van der Waals surface area contributed by atoms with Crippen molar-refractivity contribution in [1.29, 1.82) is 0 Å². The van der Waals surface area contributed by atoms with Gasteiger partial charge in [-0.2, -0.15) is 0 Å². The number of hydrogen-bond donors (Lipinski definition) is 3. The predicted molar refractivity (Wildman–Crippen MR) is 109 cm³/mol. The van der Waals surface area contributed by atoms with E-state index in [0.29, 0.717) is 12.1 Å². The van der Waals surface area contributed by atoms with Crippen molar-refractivity contribution in [2.75, 3.05) is 13.6 Å². The number of carbonyl (C=O) groups is 1. The number of carbonyl (C=O) groups excluding carboxylic acids is 1. The molecule has 3 N–H and O–H groups in total. The topological polar surface area (TPSA) is 65.5 Å². The molecule has 2 saturated carbocycles. The fourth-order valence-electron chi connectivity index (χ4n) is 3.55. The van der Waals surface area contributed by atoms with Crippen LogP contribution in [-0.2, 0) is 10.2 Å². The summed E-state index contributed by atoms with van der Waals surface area (Å²) in [6.07, 6.45) is 6.40. The zero-order chi connectivity index (χ0) is 18.6. The van der Waals surface area contributed by atoms with E-state index in [1.807, 2.05) is 7.05 Å². The Balaban J connectivity index is 1.48. The predicted octanol–water partition coefficient (Wildman–Crippen LogP) is 3.03. The van der Waals surface area contributed by atoms with E-state index < -0.39 is 0 Å². The molecule has 0 spiro atoms. The third-order valence-corrected chi connectivity index (χ3v) is 6.65. The highest BCUT2D eigenvalue weighted by atomic mass is 32.1. The van der Waals surface area contributed by atoms with Crippen LogP contribution in [0, 0.1) is 5.92 Å². The highest BCUT2D eigenvalue weighted by Crippen LogP contribution is 2.28. The lowest BCUT2D eigenvalue weighted by molar-refractivity contribution is -0.126. The summed E-state index contributed by atoms with van der Waals surface area (Å²) in [5.41, 5.74) is 0.0606. The first-order valence-corrected chi connectivity index (χ1v) is 10.7. The van der Waals surface area contributed by atoms with Crippen LogP contribution in [0.15, 0.2) is 22.5 Å². The van der Waals surface area contributed by atoms with Crippen molar-refractivity contribution in [2.24, 2.45) is 10.9 Å². The van der Waals surface area contributed by atoms with E-state index in [0.717, 1.165) is 51.0 Å². The Hall–Kier alpha value is -1.56. The Bertz CT molecular complexity index is 622. The van der Waals surface area contributed by atoms with Crippen LogP contribution < -0.4 is 16.0 Å². The van der Waals surface area contributed by atoms with Gasteiger partial charge in [-0.05, 0) is 43.6 Å². The number of amides is 1. The minimum atomic E-state index is 0.0606. The maximum absolute atomic E-state index is 12.4. The van der Waals surface area contributed by atoms with Crippen molar-refractivity contribution in [2.45, 2.75) is 69.9 Å². The molecule has 5 nitrogen and oxygen atoms in total. The lowest BCUT2D eigenvalue weighted by Gasteiger charge is -2.31. The molecule has 1 heterocycles. The molecule has 0 bridgehead atoms. The van der Waals surface area contributed by atoms with Crippen molar-refractivity contribution in [3.63, 3.8) is 0 Å². The van der Waals surface area contributed by atoms with Gasteiger partial charge in [0.25, 0.3) is 0 Å². The molecule has 1 aromatic rings. The fourth-order valence-corrected chi connectivity index (χ4v) is 4.40. The van der Waals surface area contributed by atoms with Gasteiger partial charge in [0.15, 0.2) is 5.96 Å². The summed E-state index contributed by atoms with van der Waals surface area (Å²) in [5.74, 6) is 1.23. The van der Waals surface area contributed by atoms with Gasteiger partial charge in [0, 0.05) is 41.9 Å². The Morgan fingerprint density at radius 1 is 1.23 bits per heavy atom. The molecule has 6 heteroatoms. The van der Waals surface area contributed by atoms with Crippen molar-refractivity contribution < 1.29 is 4.79 Å². The first-order valence-electron chi connectivity index (χ1n) is 9.79. The number of thiophene rings is 1. The van der Waals surface area contributed by atoms with Gasteiger partial charge in [0.2, 0.25) is 5.91 Å². The molecule has 2 aliphatic carbocycles. The van der Waals surface area contributed by atoms with E-state index in [2.05, 4.69) is 52.3 Å². The smallest absolute Gasteiger partial charge is 0.223 e. The average Bonchev–Trinajstić information content (AvgIpc) is 3.25. The minimum absolute atomic E-state index is 0.0606. The Kier molecular flexibility index (Phi) is 6.22. The summed E-state index contributed by atoms with van der Waals surface area (Å²) in [4.78, 5) is 18.1. The normalized spacial score (nSPS) is 24.2. The summed E-state index contributed by atoms with van der Waals surface area (Å²) in [6, 6.07) is 5.05. The SMILES string of the molecule is CN=C(NCC(C)(C)c1cccs1)NC1CCCC(C(=O)NC2CC2)C1. The lowest BCUT2D eigenvalue weighted by Crippen LogP contribution is -2.49. The van der Waals surface area contributed by atoms with E-state index in [1.54, 1.807) is 11.3 Å². The van der Waals surface area contributed by atoms with Gasteiger partial charge in [-0.15, -0.1) is 11.3 Å². The standard InChI is InChI=1S/C20H32N4OS/c1-20(2,17-8-5-11-26-17)13-22-19(21-3)24-16-7-4-6-14(12-16)18(25)23-15-9-10-15/h5,8,11,14-16H,4,6-7,9-10,12-13H2,1-3H3,(H,23,25)(H2,21,22,24). The van der Waals surface area contributed by atoms with Crippen LogP contribution in [0.25, 0.3) is 0 Å². The van der Waals surface area contributed by atoms with E-state index in [1.165, 1.54) is 4.88 Å². The van der Waals surface area contributed by atoms with Crippen LogP contribution in [0.4, 0.5) is 0 Å². The summed E-state index contributed by atoms with van der Waals surface area (Å²) < 4.78 is 0. The molecule has 0 aromatic carbocycles. The van der Waals surface area contributed by atoms with Gasteiger partial charge in [-0.25, -0.2) is 0 Å². The van der Waals surface area contributed by atoms with Crippen LogP contribution >= 0.6 is 11.3 Å². The summed E-state index contributed by atoms with van der Waals surface area (Å²) in [5, 5.41) is 12.3. The number of hydrogen-bond acceptors (Lipinski definition) is 3. The second-order valence-electron chi connectivity index (χ2n) is 8.27. The Morgan fingerprint density at radius 2 is 2.04 bits per heavy atom. The number of nitrogens with zero attached hydrogens (tertiary/aromatic N) is 1. The molecule has 0 saturated heterocycles. The van der Waals surface area contributed by atoms with Crippen LogP contribution in [0.3, 0.4) is 0 Å². The molecule has 1 aromatic heterocycles. The highest BCUT2D eigenvalue weighted by Gasteiger charge is 2.31. The minimum Gasteiger partial charge on any atom is -0.356 e. The van der Waals surface area contributed by atoms with E-state index >= 15 is 0 Å². The lowest BCUT2D eigenvalue weighted by atomic mass is 9.85. The fraction of sp³-hybridized carbons (Fsp3) is 0.700. The number of aliphatic imine (C=N–C) groups is 1. The summed E-state index contributed by atoms with van der Waals surface area (Å²) in [7, 11) is 1.81. The van der Waals surface area contributed by atoms with Gasteiger partial charge in [-0.1, -0.05) is 26.3 Å². The average molecular weight is 377 g/mol. The highest BCUT2D eigenvalue weighted by molar-refractivity contribution is 7.10. The monoisotopic (exact) mass is 376 g/mol. The number of guanidine groups is 1. The molecule has 1 amide bonds. The molecule has 0 radical (unpaired) electrons. The third-order valence-electron chi connectivity index (χ3n) is 5.42. The van der Waals surface area contributed by atoms with Gasteiger partial charge in [-0.3, -0.25) is 9.79 Å². The number of rotatable bonds is 6. The largest absolute Gasteiger partial charge is 0.356 e. The molecule has 3 rings (SSSR count). The Morgan fingerprint density at radius 3 is 2.69 bits per heavy atom.